The van der Waals surface area contributed by atoms with Gasteiger partial charge in [-0.3, -0.25) is 4.79 Å². The second-order valence-corrected chi connectivity index (χ2v) is 5.81. The zero-order valence-electron chi connectivity index (χ0n) is 13.7. The predicted octanol–water partition coefficient (Wildman–Crippen LogP) is 1.92. The van der Waals surface area contributed by atoms with Gasteiger partial charge in [-0.1, -0.05) is 23.9 Å². The molecule has 2 heterocycles. The van der Waals surface area contributed by atoms with E-state index in [1.54, 1.807) is 13.2 Å². The zero-order chi connectivity index (χ0) is 17.4. The van der Waals surface area contributed by atoms with Crippen molar-refractivity contribution in [1.82, 2.24) is 25.0 Å². The van der Waals surface area contributed by atoms with Crippen molar-refractivity contribution < 1.29 is 4.79 Å². The first-order valence-corrected chi connectivity index (χ1v) is 8.02. The fourth-order valence-electron chi connectivity index (χ4n) is 3.26. The van der Waals surface area contributed by atoms with Crippen molar-refractivity contribution in [2.45, 2.75) is 18.9 Å². The molecule has 0 aliphatic heterocycles. The molecule has 3 aromatic rings. The molecule has 8 heteroatoms. The molecular weight excluding hydrogens is 318 g/mol. The van der Waals surface area contributed by atoms with Crippen molar-refractivity contribution in [3.05, 3.63) is 48.2 Å². The number of nitrogens with one attached hydrogen (secondary N) is 2. The van der Waals surface area contributed by atoms with Gasteiger partial charge in [0.2, 0.25) is 11.9 Å². The maximum absolute atomic E-state index is 11.7. The Morgan fingerprint density at radius 2 is 2.32 bits per heavy atom. The minimum Gasteiger partial charge on any atom is -0.357 e. The molecule has 2 aromatic heterocycles. The Balaban J connectivity index is 1.77. The maximum Gasteiger partial charge on any atom is 0.247 e. The molecule has 1 aromatic carbocycles. The number of benzene rings is 1. The summed E-state index contributed by atoms with van der Waals surface area (Å²) in [5, 5.41) is 14.3. The maximum atomic E-state index is 11.7. The van der Waals surface area contributed by atoms with Gasteiger partial charge in [0.25, 0.3) is 0 Å². The molecule has 25 heavy (non-hydrogen) atoms. The molecule has 0 saturated heterocycles. The molecule has 8 nitrogen and oxygen atoms in total. The minimum absolute atomic E-state index is 0.0280. The first-order chi connectivity index (χ1) is 12.2. The van der Waals surface area contributed by atoms with Crippen molar-refractivity contribution in [1.29, 1.82) is 0 Å². The predicted molar refractivity (Wildman–Crippen MR) is 94.4 cm³/mol. The number of anilines is 2. The molecule has 4 rings (SSSR count). The number of amides is 1. The van der Waals surface area contributed by atoms with Crippen LogP contribution >= 0.6 is 0 Å². The lowest BCUT2D eigenvalue weighted by Gasteiger charge is -2.14. The average Bonchev–Trinajstić information content (AvgIpc) is 3.25. The number of hydrogen-bond donors (Lipinski definition) is 2. The smallest absolute Gasteiger partial charge is 0.247 e. The fraction of sp³-hybridized carbons (Fsp3) is 0.235. The molecule has 0 fully saturated rings. The lowest BCUT2D eigenvalue weighted by atomic mass is 10.1. The van der Waals surface area contributed by atoms with E-state index in [0.717, 1.165) is 29.7 Å². The monoisotopic (exact) mass is 335 g/mol. The third kappa shape index (κ3) is 2.51. The highest BCUT2D eigenvalue weighted by Gasteiger charge is 2.29. The molecule has 1 aliphatic rings. The molecule has 126 valence electrons. The highest BCUT2D eigenvalue weighted by molar-refractivity contribution is 5.99. The topological polar surface area (TPSA) is 97.6 Å². The van der Waals surface area contributed by atoms with E-state index in [-0.39, 0.29) is 11.9 Å². The standard InChI is InChI=1S/C17H17N7O/c1-3-15(25)20-12-6-4-5-11-10(12)7-8-14(11)24-16-13(22-23-24)9-19-17(18-2)21-16/h3-6,9,14H,1,7-8H2,2H3,(H,20,25)(H,18,19,21)/t14-/m0/s1. The van der Waals surface area contributed by atoms with Crippen LogP contribution in [0.3, 0.4) is 0 Å². The Morgan fingerprint density at radius 1 is 1.44 bits per heavy atom. The van der Waals surface area contributed by atoms with Gasteiger partial charge in [-0.05, 0) is 36.1 Å². The van der Waals surface area contributed by atoms with Crippen LogP contribution in [0, 0.1) is 0 Å². The Kier molecular flexibility index (Phi) is 3.64. The summed E-state index contributed by atoms with van der Waals surface area (Å²) in [7, 11) is 1.77. The van der Waals surface area contributed by atoms with Gasteiger partial charge in [-0.25, -0.2) is 9.67 Å². The second-order valence-electron chi connectivity index (χ2n) is 5.81. The molecule has 0 radical (unpaired) electrons. The largest absolute Gasteiger partial charge is 0.357 e. The number of fused-ring (bicyclic) bond motifs is 2. The molecule has 1 atom stereocenters. The summed E-state index contributed by atoms with van der Waals surface area (Å²) < 4.78 is 1.84. The Hall–Kier alpha value is -3.29. The van der Waals surface area contributed by atoms with Crippen molar-refractivity contribution in [3.8, 4) is 0 Å². The number of hydrogen-bond acceptors (Lipinski definition) is 6. The normalized spacial score (nSPS) is 15.8. The molecule has 0 spiro atoms. The molecule has 1 aliphatic carbocycles. The lowest BCUT2D eigenvalue weighted by Crippen LogP contribution is -2.12. The van der Waals surface area contributed by atoms with E-state index in [1.165, 1.54) is 6.08 Å². The third-order valence-electron chi connectivity index (χ3n) is 4.42. The van der Waals surface area contributed by atoms with Crippen LogP contribution in [0.5, 0.6) is 0 Å². The van der Waals surface area contributed by atoms with Crippen LogP contribution in [-0.4, -0.2) is 37.9 Å². The molecule has 0 bridgehead atoms. The Labute approximate surface area is 144 Å². The Bertz CT molecular complexity index is 978. The fourth-order valence-corrected chi connectivity index (χ4v) is 3.26. The van der Waals surface area contributed by atoms with E-state index in [4.69, 9.17) is 0 Å². The van der Waals surface area contributed by atoms with Crippen LogP contribution in [0.2, 0.25) is 0 Å². The SMILES string of the molecule is C=CC(=O)Nc1cccc2c1CC[C@@H]2n1nnc2cnc(NC)nc21. The van der Waals surface area contributed by atoms with Gasteiger partial charge < -0.3 is 10.6 Å². The first kappa shape index (κ1) is 15.3. The summed E-state index contributed by atoms with van der Waals surface area (Å²) in [6, 6.07) is 5.93. The summed E-state index contributed by atoms with van der Waals surface area (Å²) in [6.07, 6.45) is 4.65. The van der Waals surface area contributed by atoms with Crippen LogP contribution in [0.4, 0.5) is 11.6 Å². The van der Waals surface area contributed by atoms with E-state index < -0.39 is 0 Å². The molecule has 2 N–H and O–H groups in total. The van der Waals surface area contributed by atoms with Crippen molar-refractivity contribution in [2.75, 3.05) is 17.7 Å². The van der Waals surface area contributed by atoms with E-state index in [2.05, 4.69) is 43.6 Å². The molecular formula is C17H17N7O. The van der Waals surface area contributed by atoms with Crippen molar-refractivity contribution >= 4 is 28.7 Å². The Morgan fingerprint density at radius 3 is 3.12 bits per heavy atom. The van der Waals surface area contributed by atoms with Gasteiger partial charge in [-0.15, -0.1) is 5.10 Å². The van der Waals surface area contributed by atoms with Gasteiger partial charge in [-0.2, -0.15) is 4.98 Å². The quantitative estimate of drug-likeness (QED) is 0.707. The van der Waals surface area contributed by atoms with Crippen LogP contribution in [0.25, 0.3) is 11.2 Å². The summed E-state index contributed by atoms with van der Waals surface area (Å²) in [6.45, 7) is 3.50. The number of carbonyl (C=O) groups is 1. The lowest BCUT2D eigenvalue weighted by molar-refractivity contribution is -0.111. The first-order valence-electron chi connectivity index (χ1n) is 8.02. The van der Waals surface area contributed by atoms with E-state index in [0.29, 0.717) is 17.1 Å². The summed E-state index contributed by atoms with van der Waals surface area (Å²) in [5.74, 6) is 0.315. The highest BCUT2D eigenvalue weighted by Crippen LogP contribution is 2.38. The van der Waals surface area contributed by atoms with E-state index in [1.807, 2.05) is 16.8 Å². The number of aromatic nitrogens is 5. The van der Waals surface area contributed by atoms with Crippen LogP contribution in [0.1, 0.15) is 23.6 Å². The summed E-state index contributed by atoms with van der Waals surface area (Å²) in [5.41, 5.74) is 4.41. The second kappa shape index (κ2) is 5.97. The van der Waals surface area contributed by atoms with Crippen LogP contribution < -0.4 is 10.6 Å². The molecule has 0 unspecified atom stereocenters. The molecule has 1 amide bonds. The van der Waals surface area contributed by atoms with Crippen molar-refractivity contribution in [2.24, 2.45) is 0 Å². The van der Waals surface area contributed by atoms with E-state index in [9.17, 15) is 4.79 Å². The number of nitrogens with zero attached hydrogens (tertiary/aromatic N) is 5. The van der Waals surface area contributed by atoms with Gasteiger partial charge in [0, 0.05) is 12.7 Å². The third-order valence-corrected chi connectivity index (χ3v) is 4.42. The summed E-state index contributed by atoms with van der Waals surface area (Å²) in [4.78, 5) is 20.3. The van der Waals surface area contributed by atoms with Crippen LogP contribution in [-0.2, 0) is 11.2 Å². The van der Waals surface area contributed by atoms with Gasteiger partial charge in [0.1, 0.15) is 0 Å². The highest BCUT2D eigenvalue weighted by atomic mass is 16.1. The molecule has 0 saturated carbocycles. The van der Waals surface area contributed by atoms with Gasteiger partial charge >= 0.3 is 0 Å². The summed E-state index contributed by atoms with van der Waals surface area (Å²) >= 11 is 0. The average molecular weight is 335 g/mol. The number of carbonyl (C=O) groups excluding carboxylic acids is 1. The zero-order valence-corrected chi connectivity index (χ0v) is 13.7. The van der Waals surface area contributed by atoms with Crippen molar-refractivity contribution in [3.63, 3.8) is 0 Å². The number of rotatable bonds is 4. The van der Waals surface area contributed by atoms with Crippen LogP contribution in [0.15, 0.2) is 37.1 Å². The van der Waals surface area contributed by atoms with Gasteiger partial charge in [0.15, 0.2) is 11.2 Å². The van der Waals surface area contributed by atoms with E-state index >= 15 is 0 Å². The minimum atomic E-state index is -0.213. The van der Waals surface area contributed by atoms with Gasteiger partial charge in [0.05, 0.1) is 12.2 Å².